The minimum atomic E-state index is -0.483. The monoisotopic (exact) mass is 454 g/mol. The first kappa shape index (κ1) is 20.9. The number of thiophene rings is 1. The highest BCUT2D eigenvalue weighted by Gasteiger charge is 2.20. The van der Waals surface area contributed by atoms with Crippen LogP contribution in [0, 0.1) is 6.92 Å². The zero-order valence-corrected chi connectivity index (χ0v) is 18.4. The van der Waals surface area contributed by atoms with Crippen LogP contribution in [0.3, 0.4) is 0 Å². The molecule has 3 aromatic heterocycles. The molecule has 0 bridgehead atoms. The van der Waals surface area contributed by atoms with Gasteiger partial charge in [0.2, 0.25) is 5.91 Å². The summed E-state index contributed by atoms with van der Waals surface area (Å²) in [5, 5.41) is 3.07. The standard InChI is InChI=1S/C21H18N4O4S2/c1-3-29-21(28)16-11(2)15-19(31-16)23-10-25(20(15)27)8-14-9-30-18(24-14)13-6-4-12(5-7-13)17(22)26/h4-7,9-10H,3,8H2,1-2H3,(H2,22,26). The Morgan fingerprint density at radius 1 is 1.23 bits per heavy atom. The first-order chi connectivity index (χ1) is 14.9. The summed E-state index contributed by atoms with van der Waals surface area (Å²) in [6, 6.07) is 6.88. The van der Waals surface area contributed by atoms with Crippen LogP contribution in [0.25, 0.3) is 20.8 Å². The Hall–Kier alpha value is -3.37. The summed E-state index contributed by atoms with van der Waals surface area (Å²) >= 11 is 2.60. The molecule has 8 nitrogen and oxygen atoms in total. The molecule has 0 radical (unpaired) electrons. The van der Waals surface area contributed by atoms with E-state index in [2.05, 4.69) is 9.97 Å². The number of carbonyl (C=O) groups excluding carboxylic acids is 2. The third-order valence-electron chi connectivity index (χ3n) is 4.68. The fourth-order valence-electron chi connectivity index (χ4n) is 3.13. The van der Waals surface area contributed by atoms with Crippen molar-refractivity contribution in [2.24, 2.45) is 5.73 Å². The van der Waals surface area contributed by atoms with Gasteiger partial charge >= 0.3 is 5.97 Å². The largest absolute Gasteiger partial charge is 0.462 e. The van der Waals surface area contributed by atoms with Gasteiger partial charge in [0, 0.05) is 16.5 Å². The number of hydrogen-bond donors (Lipinski definition) is 1. The van der Waals surface area contributed by atoms with Crippen molar-refractivity contribution in [2.75, 3.05) is 6.61 Å². The molecule has 158 valence electrons. The van der Waals surface area contributed by atoms with Crippen LogP contribution in [0.4, 0.5) is 0 Å². The Balaban J connectivity index is 1.63. The number of ether oxygens (including phenoxy) is 1. The highest BCUT2D eigenvalue weighted by Crippen LogP contribution is 2.28. The Labute approximate surface area is 185 Å². The topological polar surface area (TPSA) is 117 Å². The van der Waals surface area contributed by atoms with Gasteiger partial charge in [0.05, 0.1) is 30.6 Å². The number of benzene rings is 1. The zero-order chi connectivity index (χ0) is 22.1. The lowest BCUT2D eigenvalue weighted by Crippen LogP contribution is -2.21. The number of aryl methyl sites for hydroxylation is 1. The first-order valence-corrected chi connectivity index (χ1v) is 11.1. The van der Waals surface area contributed by atoms with Crippen LogP contribution in [0.2, 0.25) is 0 Å². The van der Waals surface area contributed by atoms with E-state index in [9.17, 15) is 14.4 Å². The van der Waals surface area contributed by atoms with Gasteiger partial charge in [0.15, 0.2) is 0 Å². The number of esters is 1. The van der Waals surface area contributed by atoms with Crippen LogP contribution in [0.5, 0.6) is 0 Å². The smallest absolute Gasteiger partial charge is 0.348 e. The van der Waals surface area contributed by atoms with Crippen LogP contribution in [0.1, 0.15) is 38.2 Å². The summed E-state index contributed by atoms with van der Waals surface area (Å²) in [7, 11) is 0. The minimum Gasteiger partial charge on any atom is -0.462 e. The Morgan fingerprint density at radius 3 is 2.65 bits per heavy atom. The molecule has 0 aliphatic heterocycles. The third-order valence-corrected chi connectivity index (χ3v) is 6.80. The van der Waals surface area contributed by atoms with E-state index in [1.54, 1.807) is 38.1 Å². The molecule has 31 heavy (non-hydrogen) atoms. The molecule has 3 heterocycles. The molecule has 2 N–H and O–H groups in total. The van der Waals surface area contributed by atoms with Crippen LogP contribution in [-0.2, 0) is 11.3 Å². The minimum absolute atomic E-state index is 0.227. The Kier molecular flexibility index (Phi) is 5.66. The molecule has 0 saturated heterocycles. The summed E-state index contributed by atoms with van der Waals surface area (Å²) in [5.41, 5.74) is 7.63. The highest BCUT2D eigenvalue weighted by molar-refractivity contribution is 7.20. The fraction of sp³-hybridized carbons (Fsp3) is 0.190. The van der Waals surface area contributed by atoms with Crippen LogP contribution in [0.15, 0.2) is 40.8 Å². The molecule has 0 aliphatic carbocycles. The van der Waals surface area contributed by atoms with Gasteiger partial charge in [0.1, 0.15) is 14.7 Å². The molecule has 4 rings (SSSR count). The highest BCUT2D eigenvalue weighted by atomic mass is 32.1. The predicted molar refractivity (Wildman–Crippen MR) is 120 cm³/mol. The maximum absolute atomic E-state index is 13.0. The summed E-state index contributed by atoms with van der Waals surface area (Å²) in [5.74, 6) is -0.927. The van der Waals surface area contributed by atoms with Gasteiger partial charge in [-0.15, -0.1) is 22.7 Å². The van der Waals surface area contributed by atoms with Crippen molar-refractivity contribution in [1.82, 2.24) is 14.5 Å². The second-order valence-electron chi connectivity index (χ2n) is 6.72. The van der Waals surface area contributed by atoms with Crippen LogP contribution in [-0.4, -0.2) is 33.0 Å². The summed E-state index contributed by atoms with van der Waals surface area (Å²) in [6.45, 7) is 3.98. The van der Waals surface area contributed by atoms with Crippen molar-refractivity contribution in [3.05, 3.63) is 68.0 Å². The number of aromatic nitrogens is 3. The van der Waals surface area contributed by atoms with Crippen molar-refractivity contribution in [1.29, 1.82) is 0 Å². The van der Waals surface area contributed by atoms with E-state index in [0.29, 0.717) is 31.9 Å². The number of thiazole rings is 1. The Bertz CT molecular complexity index is 1350. The van der Waals surface area contributed by atoms with Crippen molar-refractivity contribution >= 4 is 44.8 Å². The maximum Gasteiger partial charge on any atom is 0.348 e. The van der Waals surface area contributed by atoms with Crippen LogP contribution < -0.4 is 11.3 Å². The molecule has 1 amide bonds. The number of amides is 1. The van der Waals surface area contributed by atoms with E-state index in [0.717, 1.165) is 21.9 Å². The molecule has 0 atom stereocenters. The number of fused-ring (bicyclic) bond motifs is 1. The molecular formula is C21H18N4O4S2. The number of rotatable bonds is 6. The lowest BCUT2D eigenvalue weighted by Gasteiger charge is -2.03. The van der Waals surface area contributed by atoms with Gasteiger partial charge in [-0.05, 0) is 31.5 Å². The van der Waals surface area contributed by atoms with E-state index in [-0.39, 0.29) is 18.7 Å². The van der Waals surface area contributed by atoms with E-state index in [1.165, 1.54) is 22.2 Å². The van der Waals surface area contributed by atoms with Gasteiger partial charge in [-0.2, -0.15) is 0 Å². The summed E-state index contributed by atoms with van der Waals surface area (Å²) in [6.07, 6.45) is 1.47. The lowest BCUT2D eigenvalue weighted by molar-refractivity contribution is 0.0531. The quantitative estimate of drug-likeness (QED) is 0.447. The summed E-state index contributed by atoms with van der Waals surface area (Å²) in [4.78, 5) is 46.3. The molecule has 0 aliphatic rings. The van der Waals surface area contributed by atoms with Crippen molar-refractivity contribution in [3.63, 3.8) is 0 Å². The average Bonchev–Trinajstić information content (AvgIpc) is 3.35. The van der Waals surface area contributed by atoms with Gasteiger partial charge < -0.3 is 10.5 Å². The molecule has 0 spiro atoms. The first-order valence-electron chi connectivity index (χ1n) is 9.39. The van der Waals surface area contributed by atoms with Crippen molar-refractivity contribution in [3.8, 4) is 10.6 Å². The SMILES string of the molecule is CCOC(=O)c1sc2ncn(Cc3csc(-c4ccc(C(N)=O)cc4)n3)c(=O)c2c1C. The van der Waals surface area contributed by atoms with E-state index < -0.39 is 11.9 Å². The predicted octanol–water partition coefficient (Wildman–Crippen LogP) is 3.21. The number of nitrogens with zero attached hydrogens (tertiary/aromatic N) is 3. The van der Waals surface area contributed by atoms with Gasteiger partial charge in [-0.3, -0.25) is 14.2 Å². The normalized spacial score (nSPS) is 11.0. The fourth-order valence-corrected chi connectivity index (χ4v) is 4.98. The lowest BCUT2D eigenvalue weighted by atomic mass is 10.1. The van der Waals surface area contributed by atoms with Gasteiger partial charge in [0.25, 0.3) is 5.56 Å². The van der Waals surface area contributed by atoms with E-state index >= 15 is 0 Å². The van der Waals surface area contributed by atoms with Crippen molar-refractivity contribution in [2.45, 2.75) is 20.4 Å². The number of nitrogens with two attached hydrogens (primary N) is 1. The third kappa shape index (κ3) is 3.99. The van der Waals surface area contributed by atoms with E-state index in [1.807, 2.05) is 5.38 Å². The Morgan fingerprint density at radius 2 is 1.97 bits per heavy atom. The second kappa shape index (κ2) is 8.40. The summed E-state index contributed by atoms with van der Waals surface area (Å²) < 4.78 is 6.55. The number of hydrogen-bond acceptors (Lipinski definition) is 8. The van der Waals surface area contributed by atoms with Crippen LogP contribution >= 0.6 is 22.7 Å². The van der Waals surface area contributed by atoms with Gasteiger partial charge in [-0.1, -0.05) is 12.1 Å². The molecule has 0 saturated carbocycles. The molecule has 10 heteroatoms. The van der Waals surface area contributed by atoms with Crippen molar-refractivity contribution < 1.29 is 14.3 Å². The second-order valence-corrected chi connectivity index (χ2v) is 8.58. The molecule has 0 fully saturated rings. The van der Waals surface area contributed by atoms with E-state index in [4.69, 9.17) is 10.5 Å². The zero-order valence-electron chi connectivity index (χ0n) is 16.7. The molecule has 0 unspecified atom stereocenters. The molecule has 1 aromatic carbocycles. The maximum atomic E-state index is 13.0. The molecule has 4 aromatic rings. The number of carbonyl (C=O) groups is 2. The number of primary amides is 1. The molecular weight excluding hydrogens is 436 g/mol. The van der Waals surface area contributed by atoms with Gasteiger partial charge in [-0.25, -0.2) is 14.8 Å². The average molecular weight is 455 g/mol.